The molecule has 0 aliphatic rings. The average Bonchev–Trinajstić information content (AvgIpc) is 2.27. The number of aromatic carboxylic acids is 2. The summed E-state index contributed by atoms with van der Waals surface area (Å²) in [6.07, 6.45) is 0. The molecule has 1 rings (SSSR count). The van der Waals surface area contributed by atoms with Gasteiger partial charge in [0, 0.05) is 0 Å². The number of carboxylic acids is 2. The lowest BCUT2D eigenvalue weighted by atomic mass is 10.1. The summed E-state index contributed by atoms with van der Waals surface area (Å²) in [4.78, 5) is 32.6. The van der Waals surface area contributed by atoms with Gasteiger partial charge in [0.1, 0.15) is 0 Å². The Balaban J connectivity index is 3.35. The summed E-state index contributed by atoms with van der Waals surface area (Å²) >= 11 is 0. The van der Waals surface area contributed by atoms with Gasteiger partial charge in [-0.05, 0) is 18.2 Å². The third kappa shape index (κ3) is 2.45. The molecule has 1 aromatic carbocycles. The monoisotopic (exact) mass is 240 g/mol. The first-order valence-corrected chi connectivity index (χ1v) is 4.97. The van der Waals surface area contributed by atoms with Crippen LogP contribution in [0.3, 0.4) is 0 Å². The van der Waals surface area contributed by atoms with E-state index in [-0.39, 0.29) is 27.2 Å². The van der Waals surface area contributed by atoms with Crippen molar-refractivity contribution in [3.63, 3.8) is 0 Å². The molecule has 7 heteroatoms. The Labute approximate surface area is 93.0 Å². The van der Waals surface area contributed by atoms with Crippen molar-refractivity contribution < 1.29 is 29.0 Å². The van der Waals surface area contributed by atoms with E-state index in [9.17, 15) is 14.4 Å². The second kappa shape index (κ2) is 4.58. The summed E-state index contributed by atoms with van der Waals surface area (Å²) in [6, 6.07) is 3.14. The molecule has 0 heterocycles. The average molecular weight is 240 g/mol. The number of hydrogen-bond donors (Lipinski definition) is 2. The first kappa shape index (κ1) is 11.9. The van der Waals surface area contributed by atoms with Crippen LogP contribution < -0.4 is 0 Å². The lowest BCUT2D eigenvalue weighted by molar-refractivity contribution is 0.0696. The molecule has 0 unspecified atom stereocenters. The zero-order valence-electron chi connectivity index (χ0n) is 8.26. The van der Waals surface area contributed by atoms with E-state index < -0.39 is 17.9 Å². The first-order valence-electron chi connectivity index (χ1n) is 4.15. The van der Waals surface area contributed by atoms with Crippen LogP contribution in [-0.4, -0.2) is 38.6 Å². The van der Waals surface area contributed by atoms with Crippen LogP contribution in [0, 0.1) is 0 Å². The van der Waals surface area contributed by atoms with Crippen LogP contribution >= 0.6 is 0 Å². The second-order valence-electron chi connectivity index (χ2n) is 2.90. The molecule has 0 radical (unpaired) electrons. The van der Waals surface area contributed by atoms with Crippen molar-refractivity contribution in [3.05, 3.63) is 34.9 Å². The Bertz CT molecular complexity index is 435. The molecular formula is C9H8O6Si. The van der Waals surface area contributed by atoms with Crippen molar-refractivity contribution in [1.29, 1.82) is 0 Å². The molecule has 0 bridgehead atoms. The van der Waals surface area contributed by atoms with Gasteiger partial charge in [-0.25, -0.2) is 14.4 Å². The zero-order chi connectivity index (χ0) is 12.3. The van der Waals surface area contributed by atoms with E-state index in [0.717, 1.165) is 18.2 Å². The van der Waals surface area contributed by atoms with Gasteiger partial charge in [0.25, 0.3) is 0 Å². The van der Waals surface area contributed by atoms with Crippen molar-refractivity contribution in [1.82, 2.24) is 0 Å². The molecular weight excluding hydrogens is 232 g/mol. The molecule has 1 aromatic rings. The van der Waals surface area contributed by atoms with Crippen molar-refractivity contribution in [3.8, 4) is 0 Å². The number of carbonyl (C=O) groups excluding carboxylic acids is 1. The van der Waals surface area contributed by atoms with Crippen LogP contribution in [-0.2, 0) is 4.43 Å². The zero-order valence-corrected chi connectivity index (χ0v) is 10.3. The predicted octanol–water partition coefficient (Wildman–Crippen LogP) is -0.480. The van der Waals surface area contributed by atoms with E-state index in [4.69, 9.17) is 10.2 Å². The fourth-order valence-corrected chi connectivity index (χ4v) is 1.35. The smallest absolute Gasteiger partial charge is 0.335 e. The van der Waals surface area contributed by atoms with Gasteiger partial charge in [-0.15, -0.1) is 0 Å². The van der Waals surface area contributed by atoms with Gasteiger partial charge in [0.2, 0.25) is 10.5 Å². The van der Waals surface area contributed by atoms with Crippen molar-refractivity contribution in [2.75, 3.05) is 0 Å². The molecule has 0 atom stereocenters. The van der Waals surface area contributed by atoms with Crippen LogP contribution in [0.25, 0.3) is 0 Å². The highest BCUT2D eigenvalue weighted by atomic mass is 28.2. The van der Waals surface area contributed by atoms with E-state index in [1.54, 1.807) is 0 Å². The first-order chi connectivity index (χ1) is 7.45. The van der Waals surface area contributed by atoms with Gasteiger partial charge in [-0.1, -0.05) is 0 Å². The Morgan fingerprint density at radius 2 is 1.31 bits per heavy atom. The third-order valence-electron chi connectivity index (χ3n) is 1.85. The maximum atomic E-state index is 11.2. The van der Waals surface area contributed by atoms with Crippen LogP contribution in [0.15, 0.2) is 18.2 Å². The molecule has 0 amide bonds. The standard InChI is InChI=1S/C9H8O6Si/c10-7(11)4-1-5(8(12)13)3-6(2-4)9(14)15-16/h1-3H,16H3,(H,10,11)(H,12,13). The Kier molecular flexibility index (Phi) is 3.41. The molecule has 16 heavy (non-hydrogen) atoms. The van der Waals surface area contributed by atoms with Crippen LogP contribution in [0.2, 0.25) is 0 Å². The highest BCUT2D eigenvalue weighted by Crippen LogP contribution is 2.12. The summed E-state index contributed by atoms with van der Waals surface area (Å²) in [5, 5.41) is 17.5. The van der Waals surface area contributed by atoms with Gasteiger partial charge in [0.05, 0.1) is 16.7 Å². The largest absolute Gasteiger partial charge is 0.525 e. The van der Waals surface area contributed by atoms with E-state index in [2.05, 4.69) is 4.43 Å². The molecule has 0 saturated heterocycles. The van der Waals surface area contributed by atoms with Crippen LogP contribution in [0.4, 0.5) is 0 Å². The molecule has 0 saturated carbocycles. The number of benzene rings is 1. The van der Waals surface area contributed by atoms with Gasteiger partial charge in [-0.2, -0.15) is 0 Å². The summed E-state index contributed by atoms with van der Waals surface area (Å²) in [6.45, 7) is 0. The Morgan fingerprint density at radius 3 is 1.62 bits per heavy atom. The van der Waals surface area contributed by atoms with Gasteiger partial charge in [-0.3, -0.25) is 0 Å². The summed E-state index contributed by atoms with van der Waals surface area (Å²) in [5.41, 5.74) is -0.601. The number of carbonyl (C=O) groups is 3. The van der Waals surface area contributed by atoms with E-state index in [0.29, 0.717) is 0 Å². The summed E-state index contributed by atoms with van der Waals surface area (Å²) in [5.74, 6) is -3.33. The Hall–Kier alpha value is -2.15. The lowest BCUT2D eigenvalue weighted by Crippen LogP contribution is -2.09. The van der Waals surface area contributed by atoms with Crippen LogP contribution in [0.5, 0.6) is 0 Å². The molecule has 0 fully saturated rings. The van der Waals surface area contributed by atoms with Crippen molar-refractivity contribution in [2.24, 2.45) is 0 Å². The third-order valence-corrected chi connectivity index (χ3v) is 2.22. The second-order valence-corrected chi connectivity index (χ2v) is 3.31. The highest BCUT2D eigenvalue weighted by Gasteiger charge is 2.15. The maximum Gasteiger partial charge on any atom is 0.335 e. The van der Waals surface area contributed by atoms with Crippen molar-refractivity contribution in [2.45, 2.75) is 0 Å². The number of rotatable bonds is 3. The van der Waals surface area contributed by atoms with Gasteiger partial charge in [0.15, 0.2) is 0 Å². The molecule has 2 N–H and O–H groups in total. The normalized spacial score (nSPS) is 9.75. The SMILES string of the molecule is O=C(O)c1cc(C(=O)O)cc(C(=O)O[SiH3])c1. The molecule has 0 aliphatic heterocycles. The van der Waals surface area contributed by atoms with Gasteiger partial charge >= 0.3 is 17.9 Å². The Morgan fingerprint density at radius 1 is 0.938 bits per heavy atom. The van der Waals surface area contributed by atoms with E-state index in [1.807, 2.05) is 0 Å². The molecule has 84 valence electrons. The maximum absolute atomic E-state index is 11.2. The summed E-state index contributed by atoms with van der Waals surface area (Å²) < 4.78 is 4.52. The highest BCUT2D eigenvalue weighted by molar-refractivity contribution is 6.10. The van der Waals surface area contributed by atoms with Crippen LogP contribution in [0.1, 0.15) is 31.1 Å². The molecule has 0 aliphatic carbocycles. The quantitative estimate of drug-likeness (QED) is 0.692. The minimum absolute atomic E-state index is 0.0766. The van der Waals surface area contributed by atoms with Gasteiger partial charge < -0.3 is 14.6 Å². The number of carboxylic acid groups (broad SMARTS) is 2. The molecule has 0 spiro atoms. The van der Waals surface area contributed by atoms with E-state index in [1.165, 1.54) is 0 Å². The van der Waals surface area contributed by atoms with Crippen molar-refractivity contribution >= 4 is 28.4 Å². The van der Waals surface area contributed by atoms with E-state index >= 15 is 0 Å². The topological polar surface area (TPSA) is 101 Å². The lowest BCUT2D eigenvalue weighted by Gasteiger charge is -2.03. The fourth-order valence-electron chi connectivity index (χ4n) is 1.11. The number of hydrogen-bond acceptors (Lipinski definition) is 4. The molecule has 0 aromatic heterocycles. The summed E-state index contributed by atoms with van der Waals surface area (Å²) in [7, 11) is 0.152. The fraction of sp³-hybridized carbons (Fsp3) is 0. The molecule has 6 nitrogen and oxygen atoms in total. The minimum atomic E-state index is -1.30. The minimum Gasteiger partial charge on any atom is -0.525 e. The predicted molar refractivity (Wildman–Crippen MR) is 55.7 cm³/mol.